The van der Waals surface area contributed by atoms with Crippen LogP contribution in [0.25, 0.3) is 11.3 Å². The lowest BCUT2D eigenvalue weighted by atomic mass is 9.98. The predicted molar refractivity (Wildman–Crippen MR) is 114 cm³/mol. The van der Waals surface area contributed by atoms with Gasteiger partial charge in [0, 0.05) is 38.4 Å². The number of carboxylic acids is 1. The average Bonchev–Trinajstić information content (AvgIpc) is 3.11. The monoisotopic (exact) mass is 436 g/mol. The number of aromatic nitrogens is 2. The number of aliphatic carboxylic acids is 1. The van der Waals surface area contributed by atoms with E-state index in [1.807, 2.05) is 16.5 Å². The molecule has 1 saturated heterocycles. The van der Waals surface area contributed by atoms with Crippen molar-refractivity contribution in [2.24, 2.45) is 12.8 Å². The number of rotatable bonds is 8. The summed E-state index contributed by atoms with van der Waals surface area (Å²) in [6.45, 7) is 1.13. The van der Waals surface area contributed by atoms with E-state index in [1.165, 1.54) is 0 Å². The van der Waals surface area contributed by atoms with Gasteiger partial charge in [0.15, 0.2) is 5.16 Å². The Hall–Kier alpha value is -2.19. The summed E-state index contributed by atoms with van der Waals surface area (Å²) in [5.74, 6) is -1.11. The smallest absolute Gasteiger partial charge is 0.320 e. The minimum absolute atomic E-state index is 0.00755. The van der Waals surface area contributed by atoms with Crippen LogP contribution in [0.15, 0.2) is 30.7 Å². The van der Waals surface area contributed by atoms with Crippen molar-refractivity contribution in [2.45, 2.75) is 31.0 Å². The largest absolute Gasteiger partial charge is 0.508 e. The first-order chi connectivity index (χ1) is 14.2. The van der Waals surface area contributed by atoms with Crippen molar-refractivity contribution >= 4 is 13.3 Å². The molecule has 0 bridgehead atoms. The van der Waals surface area contributed by atoms with E-state index < -0.39 is 18.5 Å². The molecule has 0 saturated carbocycles. The van der Waals surface area contributed by atoms with Gasteiger partial charge in [0.25, 0.3) is 0 Å². The molecule has 1 fully saturated rings. The van der Waals surface area contributed by atoms with E-state index in [-0.39, 0.29) is 24.9 Å². The van der Waals surface area contributed by atoms with Crippen molar-refractivity contribution in [1.29, 1.82) is 0 Å². The van der Waals surface area contributed by atoms with Gasteiger partial charge in [0.1, 0.15) is 5.75 Å². The lowest BCUT2D eigenvalue weighted by molar-refractivity contribution is -0.141. The van der Waals surface area contributed by atoms with Crippen LogP contribution in [0.4, 0.5) is 0 Å². The number of hydrogen-bond acceptors (Lipinski definition) is 6. The number of nitrogens with zero attached hydrogens (tertiary/aromatic N) is 3. The van der Waals surface area contributed by atoms with E-state index in [2.05, 4.69) is 4.98 Å². The molecule has 5 N–H and O–H groups in total. The zero-order chi connectivity index (χ0) is 21.9. The summed E-state index contributed by atoms with van der Waals surface area (Å²) in [4.78, 5) is 28.8. The van der Waals surface area contributed by atoms with Crippen molar-refractivity contribution in [2.75, 3.05) is 25.8 Å². The summed E-state index contributed by atoms with van der Waals surface area (Å²) >= 11 is 0. The second-order valence-electron chi connectivity index (χ2n) is 7.95. The molecule has 164 valence electrons. The van der Waals surface area contributed by atoms with Crippen molar-refractivity contribution in [3.8, 4) is 17.0 Å². The molecule has 1 unspecified atom stereocenters. The third-order valence-corrected chi connectivity index (χ3v) is 8.60. The first-order valence-electron chi connectivity index (χ1n) is 9.96. The van der Waals surface area contributed by atoms with Gasteiger partial charge < -0.3 is 25.4 Å². The predicted octanol–water partition coefficient (Wildman–Crippen LogP) is 1.83. The average molecular weight is 436 g/mol. The molecule has 30 heavy (non-hydrogen) atoms. The molecule has 0 spiro atoms. The maximum atomic E-state index is 12.9. The summed E-state index contributed by atoms with van der Waals surface area (Å²) in [7, 11) is -2.02. The van der Waals surface area contributed by atoms with Gasteiger partial charge in [-0.15, -0.1) is 0 Å². The molecule has 2 heterocycles. The highest BCUT2D eigenvalue weighted by Gasteiger charge is 2.56. The minimum atomic E-state index is -3.88. The van der Waals surface area contributed by atoms with E-state index >= 15 is 0 Å². The number of phenols is 1. The number of phenolic OH excluding ortho intramolecular Hbond substituents is 1. The van der Waals surface area contributed by atoms with Gasteiger partial charge in [-0.25, -0.2) is 4.98 Å². The van der Waals surface area contributed by atoms with Gasteiger partial charge in [-0.1, -0.05) is 12.5 Å². The molecular weight excluding hydrogens is 407 g/mol. The number of carboxylic acid groups (broad SMARTS) is 1. The lowest BCUT2D eigenvalue weighted by Gasteiger charge is -2.43. The Kier molecular flexibility index (Phi) is 6.67. The zero-order valence-electron chi connectivity index (χ0n) is 17.1. The Morgan fingerprint density at radius 2 is 2.13 bits per heavy atom. The standard InChI is InChI=1S/C20H29N4O5P/c1-23-14-22-11-18(23)17-10-16(25)5-4-15(17)12-24-8-9-30(28,29)20(13-24,19(26)27)6-2-3-7-21/h4-5,10-11,14,25H,2-3,6-9,12-13,21H2,1H3,(H,26,27)(H,28,29)/t20-/m0/s1. The van der Waals surface area contributed by atoms with Gasteiger partial charge in [-0.05, 0) is 37.1 Å². The fourth-order valence-electron chi connectivity index (χ4n) is 4.12. The Morgan fingerprint density at radius 1 is 1.37 bits per heavy atom. The normalized spacial score (nSPS) is 24.8. The van der Waals surface area contributed by atoms with Crippen molar-refractivity contribution in [1.82, 2.24) is 14.5 Å². The Labute approximate surface area is 175 Å². The highest BCUT2D eigenvalue weighted by molar-refractivity contribution is 7.61. The summed E-state index contributed by atoms with van der Waals surface area (Å²) < 4.78 is 14.8. The number of imidazole rings is 1. The SMILES string of the molecule is Cn1cncc1-c1cc(O)ccc1CN1CCP(=O)(O)[C@](CCCCN)(C(=O)O)C1. The highest BCUT2D eigenvalue weighted by atomic mass is 31.2. The van der Waals surface area contributed by atoms with E-state index in [0.29, 0.717) is 32.5 Å². The van der Waals surface area contributed by atoms with E-state index in [4.69, 9.17) is 5.73 Å². The highest BCUT2D eigenvalue weighted by Crippen LogP contribution is 2.59. The molecule has 0 radical (unpaired) electrons. The number of carbonyl (C=O) groups is 1. The van der Waals surface area contributed by atoms with Crippen molar-refractivity contribution in [3.05, 3.63) is 36.3 Å². The molecule has 1 aliphatic heterocycles. The van der Waals surface area contributed by atoms with Crippen LogP contribution in [-0.2, 0) is 23.0 Å². The molecule has 3 rings (SSSR count). The molecule has 10 heteroatoms. The third-order valence-electron chi connectivity index (χ3n) is 5.90. The second-order valence-corrected chi connectivity index (χ2v) is 10.7. The van der Waals surface area contributed by atoms with Gasteiger partial charge in [0.05, 0.1) is 18.2 Å². The molecule has 2 atom stereocenters. The fraction of sp³-hybridized carbons (Fsp3) is 0.500. The van der Waals surface area contributed by atoms with Gasteiger partial charge in [0.2, 0.25) is 7.37 Å². The maximum Gasteiger partial charge on any atom is 0.320 e. The number of nitrogens with two attached hydrogens (primary N) is 1. The Morgan fingerprint density at radius 3 is 2.77 bits per heavy atom. The number of unbranched alkanes of at least 4 members (excludes halogenated alkanes) is 1. The first kappa shape index (κ1) is 22.5. The molecule has 0 amide bonds. The molecule has 1 aliphatic rings. The molecule has 1 aromatic carbocycles. The van der Waals surface area contributed by atoms with Gasteiger partial charge in [-0.3, -0.25) is 14.3 Å². The van der Waals surface area contributed by atoms with E-state index in [1.54, 1.807) is 30.7 Å². The summed E-state index contributed by atoms with van der Waals surface area (Å²) in [5.41, 5.74) is 8.02. The maximum absolute atomic E-state index is 12.9. The van der Waals surface area contributed by atoms with Gasteiger partial charge in [-0.2, -0.15) is 0 Å². The summed E-state index contributed by atoms with van der Waals surface area (Å²) in [6.07, 6.45) is 4.51. The van der Waals surface area contributed by atoms with Crippen LogP contribution in [0.2, 0.25) is 0 Å². The minimum Gasteiger partial charge on any atom is -0.508 e. The van der Waals surface area contributed by atoms with Crippen LogP contribution in [-0.4, -0.2) is 66.5 Å². The molecule has 9 nitrogen and oxygen atoms in total. The van der Waals surface area contributed by atoms with Crippen LogP contribution in [0.3, 0.4) is 0 Å². The quantitative estimate of drug-likeness (QED) is 0.363. The molecule has 0 aliphatic carbocycles. The number of benzene rings is 1. The van der Waals surface area contributed by atoms with E-state index in [9.17, 15) is 24.5 Å². The molecule has 1 aromatic heterocycles. The van der Waals surface area contributed by atoms with Gasteiger partial charge >= 0.3 is 5.97 Å². The number of aromatic hydroxyl groups is 1. The lowest BCUT2D eigenvalue weighted by Crippen LogP contribution is -2.53. The Balaban J connectivity index is 1.90. The van der Waals surface area contributed by atoms with Crippen LogP contribution in [0, 0.1) is 0 Å². The third kappa shape index (κ3) is 4.30. The van der Waals surface area contributed by atoms with Crippen LogP contribution in [0.1, 0.15) is 24.8 Å². The van der Waals surface area contributed by atoms with Crippen molar-refractivity contribution in [3.63, 3.8) is 0 Å². The molecular formula is C20H29N4O5P. The summed E-state index contributed by atoms with van der Waals surface area (Å²) in [6, 6.07) is 5.03. The first-order valence-corrected chi connectivity index (χ1v) is 11.8. The molecule has 2 aromatic rings. The fourth-order valence-corrected chi connectivity index (χ4v) is 6.33. The Bertz CT molecular complexity index is 962. The van der Waals surface area contributed by atoms with Crippen LogP contribution in [0.5, 0.6) is 5.75 Å². The topological polar surface area (TPSA) is 142 Å². The zero-order valence-corrected chi connectivity index (χ0v) is 18.0. The van der Waals surface area contributed by atoms with Crippen molar-refractivity contribution < 1.29 is 24.5 Å². The number of hydrogen-bond donors (Lipinski definition) is 4. The van der Waals surface area contributed by atoms with E-state index in [0.717, 1.165) is 16.8 Å². The number of aryl methyl sites for hydroxylation is 1. The summed E-state index contributed by atoms with van der Waals surface area (Å²) in [5, 5.41) is 18.2. The van der Waals surface area contributed by atoms with Crippen LogP contribution < -0.4 is 5.73 Å². The second kappa shape index (κ2) is 8.89. The van der Waals surface area contributed by atoms with Crippen LogP contribution >= 0.6 is 7.37 Å².